The van der Waals surface area contributed by atoms with Crippen molar-refractivity contribution in [3.05, 3.63) is 28.8 Å². The Balaban J connectivity index is 2.51. The topological polar surface area (TPSA) is 74.7 Å². The smallest absolute Gasteiger partial charge is 0.310 e. The number of aryl methyl sites for hydroxylation is 2. The van der Waals surface area contributed by atoms with Crippen molar-refractivity contribution in [3.8, 4) is 0 Å². The van der Waals surface area contributed by atoms with Gasteiger partial charge in [0, 0.05) is 6.54 Å². The number of nitrogens with zero attached hydrogens (tertiary/aromatic N) is 1. The maximum atomic E-state index is 12.1. The molecule has 0 aromatic heterocycles. The van der Waals surface area contributed by atoms with Crippen LogP contribution in [0.3, 0.4) is 0 Å². The van der Waals surface area contributed by atoms with Gasteiger partial charge < -0.3 is 10.0 Å². The second-order valence-corrected chi connectivity index (χ2v) is 5.89. The molecule has 106 valence electrons. The first-order chi connectivity index (χ1) is 9.15. The third-order valence-corrected chi connectivity index (χ3v) is 3.55. The Labute approximate surface area is 117 Å². The summed E-state index contributed by atoms with van der Waals surface area (Å²) in [4.78, 5) is 36.7. The van der Waals surface area contributed by atoms with E-state index >= 15 is 0 Å². The van der Waals surface area contributed by atoms with E-state index in [9.17, 15) is 19.5 Å². The van der Waals surface area contributed by atoms with Gasteiger partial charge in [-0.2, -0.15) is 0 Å². The summed E-state index contributed by atoms with van der Waals surface area (Å²) in [5, 5.41) is 9.19. The normalized spacial score (nSPS) is 14.7. The first-order valence-corrected chi connectivity index (χ1v) is 6.36. The second kappa shape index (κ2) is 4.44. The fraction of sp³-hybridized carbons (Fsp3) is 0.400. The second-order valence-electron chi connectivity index (χ2n) is 5.89. The summed E-state index contributed by atoms with van der Waals surface area (Å²) < 4.78 is 0. The Morgan fingerprint density at radius 1 is 1.25 bits per heavy atom. The molecular weight excluding hydrogens is 258 g/mol. The molecule has 2 rings (SSSR count). The van der Waals surface area contributed by atoms with Gasteiger partial charge >= 0.3 is 5.97 Å². The van der Waals surface area contributed by atoms with Crippen LogP contribution < -0.4 is 4.90 Å². The first kappa shape index (κ1) is 14.2. The van der Waals surface area contributed by atoms with Crippen LogP contribution in [0.5, 0.6) is 0 Å². The number of carboxylic acids is 1. The molecule has 0 atom stereocenters. The molecule has 0 unspecified atom stereocenters. The summed E-state index contributed by atoms with van der Waals surface area (Å²) in [5.74, 6) is -2.21. The molecule has 0 radical (unpaired) electrons. The Bertz CT molecular complexity index is 631. The average Bonchev–Trinajstić information content (AvgIpc) is 2.54. The number of fused-ring (bicyclic) bond motifs is 1. The first-order valence-electron chi connectivity index (χ1n) is 6.36. The van der Waals surface area contributed by atoms with Gasteiger partial charge in [0.25, 0.3) is 11.7 Å². The van der Waals surface area contributed by atoms with Gasteiger partial charge in [-0.1, -0.05) is 6.07 Å². The van der Waals surface area contributed by atoms with Crippen molar-refractivity contribution in [1.29, 1.82) is 0 Å². The Kier molecular flexibility index (Phi) is 3.16. The molecule has 5 heteroatoms. The van der Waals surface area contributed by atoms with Crippen molar-refractivity contribution in [2.75, 3.05) is 11.4 Å². The van der Waals surface area contributed by atoms with Crippen molar-refractivity contribution in [2.45, 2.75) is 27.7 Å². The number of amides is 1. The average molecular weight is 275 g/mol. The van der Waals surface area contributed by atoms with Crippen molar-refractivity contribution < 1.29 is 19.5 Å². The summed E-state index contributed by atoms with van der Waals surface area (Å²) in [6, 6.07) is 3.60. The molecule has 1 aromatic carbocycles. The predicted octanol–water partition coefficient (Wildman–Crippen LogP) is 1.94. The highest BCUT2D eigenvalue weighted by Gasteiger charge is 2.41. The minimum atomic E-state index is -1.12. The van der Waals surface area contributed by atoms with Crippen molar-refractivity contribution >= 4 is 23.3 Å². The molecule has 0 spiro atoms. The maximum Gasteiger partial charge on any atom is 0.310 e. The highest BCUT2D eigenvalue weighted by Crippen LogP contribution is 2.34. The number of aliphatic carboxylic acids is 1. The number of ketones is 1. The van der Waals surface area contributed by atoms with E-state index < -0.39 is 23.1 Å². The van der Waals surface area contributed by atoms with Gasteiger partial charge in [-0.3, -0.25) is 14.4 Å². The molecular formula is C15H17NO4. The lowest BCUT2D eigenvalue weighted by atomic mass is 9.93. The zero-order valence-corrected chi connectivity index (χ0v) is 12.0. The highest BCUT2D eigenvalue weighted by atomic mass is 16.4. The van der Waals surface area contributed by atoms with E-state index in [4.69, 9.17) is 0 Å². The van der Waals surface area contributed by atoms with Crippen molar-refractivity contribution in [3.63, 3.8) is 0 Å². The zero-order chi connectivity index (χ0) is 15.2. The van der Waals surface area contributed by atoms with Gasteiger partial charge in [0.05, 0.1) is 16.7 Å². The molecule has 1 aliphatic heterocycles. The molecule has 0 saturated carbocycles. The minimum absolute atomic E-state index is 0.0250. The van der Waals surface area contributed by atoms with Crippen LogP contribution in [-0.2, 0) is 9.59 Å². The molecule has 20 heavy (non-hydrogen) atoms. The van der Waals surface area contributed by atoms with E-state index in [1.165, 1.54) is 18.7 Å². The van der Waals surface area contributed by atoms with Gasteiger partial charge in [-0.25, -0.2) is 0 Å². The fourth-order valence-corrected chi connectivity index (χ4v) is 2.41. The van der Waals surface area contributed by atoms with E-state index in [0.29, 0.717) is 11.3 Å². The standard InChI is InChI=1S/C15H17NO4/c1-8-5-9(2)11-10(6-8)16(13(18)12(11)17)7-15(3,4)14(19)20/h5-6H,7H2,1-4H3,(H,19,20). The molecule has 1 heterocycles. The van der Waals surface area contributed by atoms with Gasteiger partial charge in [-0.15, -0.1) is 0 Å². The highest BCUT2D eigenvalue weighted by molar-refractivity contribution is 6.52. The Morgan fingerprint density at radius 3 is 2.40 bits per heavy atom. The molecule has 0 fully saturated rings. The van der Waals surface area contributed by atoms with Crippen LogP contribution in [0.25, 0.3) is 0 Å². The Morgan fingerprint density at radius 2 is 1.85 bits per heavy atom. The number of Topliss-reactive ketones (excluding diaryl/α,β-unsaturated/α-hetero) is 1. The quantitative estimate of drug-likeness (QED) is 0.855. The van der Waals surface area contributed by atoms with E-state index in [1.807, 2.05) is 13.0 Å². The predicted molar refractivity (Wildman–Crippen MR) is 74.0 cm³/mol. The SMILES string of the molecule is Cc1cc(C)c2c(c1)N(CC(C)(C)C(=O)O)C(=O)C2=O. The lowest BCUT2D eigenvalue weighted by molar-refractivity contribution is -0.146. The molecule has 0 aliphatic carbocycles. The van der Waals surface area contributed by atoms with Crippen LogP contribution in [0, 0.1) is 19.3 Å². The van der Waals surface area contributed by atoms with Crippen LogP contribution in [0.4, 0.5) is 5.69 Å². The fourth-order valence-electron chi connectivity index (χ4n) is 2.41. The number of carboxylic acid groups (broad SMARTS) is 1. The van der Waals surface area contributed by atoms with Gasteiger partial charge in [-0.05, 0) is 44.9 Å². The summed E-state index contributed by atoms with van der Waals surface area (Å²) in [6.45, 7) is 6.70. The Hall–Kier alpha value is -2.17. The molecule has 1 aliphatic rings. The van der Waals surface area contributed by atoms with E-state index in [1.54, 1.807) is 13.0 Å². The summed E-state index contributed by atoms with van der Waals surface area (Å²) >= 11 is 0. The molecule has 1 aromatic rings. The number of hydrogen-bond donors (Lipinski definition) is 1. The molecule has 1 N–H and O–H groups in total. The summed E-state index contributed by atoms with van der Waals surface area (Å²) in [5.41, 5.74) is 1.47. The molecule has 1 amide bonds. The number of anilines is 1. The number of carbonyl (C=O) groups excluding carboxylic acids is 2. The summed E-state index contributed by atoms with van der Waals surface area (Å²) in [6.07, 6.45) is 0. The summed E-state index contributed by atoms with van der Waals surface area (Å²) in [7, 11) is 0. The van der Waals surface area contributed by atoms with Crippen LogP contribution >= 0.6 is 0 Å². The van der Waals surface area contributed by atoms with Gasteiger partial charge in [0.15, 0.2) is 0 Å². The molecule has 5 nitrogen and oxygen atoms in total. The van der Waals surface area contributed by atoms with Crippen molar-refractivity contribution in [1.82, 2.24) is 0 Å². The largest absolute Gasteiger partial charge is 0.481 e. The monoisotopic (exact) mass is 275 g/mol. The van der Waals surface area contributed by atoms with Crippen LogP contribution in [0.15, 0.2) is 12.1 Å². The maximum absolute atomic E-state index is 12.1. The molecule has 0 bridgehead atoms. The lowest BCUT2D eigenvalue weighted by Crippen LogP contribution is -2.41. The third-order valence-electron chi connectivity index (χ3n) is 3.55. The molecule has 0 saturated heterocycles. The number of hydrogen-bond acceptors (Lipinski definition) is 3. The van der Waals surface area contributed by atoms with Crippen LogP contribution in [-0.4, -0.2) is 29.3 Å². The lowest BCUT2D eigenvalue weighted by Gasteiger charge is -2.26. The van der Waals surface area contributed by atoms with E-state index in [-0.39, 0.29) is 6.54 Å². The van der Waals surface area contributed by atoms with Crippen LogP contribution in [0.2, 0.25) is 0 Å². The number of benzene rings is 1. The minimum Gasteiger partial charge on any atom is -0.481 e. The van der Waals surface area contributed by atoms with Crippen LogP contribution in [0.1, 0.15) is 35.3 Å². The zero-order valence-electron chi connectivity index (χ0n) is 12.0. The van der Waals surface area contributed by atoms with E-state index in [0.717, 1.165) is 11.1 Å². The third kappa shape index (κ3) is 2.09. The number of rotatable bonds is 3. The van der Waals surface area contributed by atoms with Gasteiger partial charge in [0.2, 0.25) is 0 Å². The van der Waals surface area contributed by atoms with E-state index in [2.05, 4.69) is 0 Å². The van der Waals surface area contributed by atoms with Gasteiger partial charge in [0.1, 0.15) is 0 Å². The number of carbonyl (C=O) groups is 3. The van der Waals surface area contributed by atoms with Crippen molar-refractivity contribution in [2.24, 2.45) is 5.41 Å².